The van der Waals surface area contributed by atoms with Crippen molar-refractivity contribution in [3.8, 4) is 0 Å². The quantitative estimate of drug-likeness (QED) is 0.180. The second-order valence-electron chi connectivity index (χ2n) is 15.5. The van der Waals surface area contributed by atoms with Gasteiger partial charge >= 0.3 is 6.03 Å². The Kier molecular flexibility index (Phi) is 12.6. The van der Waals surface area contributed by atoms with Crippen LogP contribution in [0.1, 0.15) is 108 Å². The third kappa shape index (κ3) is 9.07. The van der Waals surface area contributed by atoms with Gasteiger partial charge in [0, 0.05) is 19.1 Å². The van der Waals surface area contributed by atoms with E-state index in [1.54, 1.807) is 4.90 Å². The summed E-state index contributed by atoms with van der Waals surface area (Å²) < 4.78 is 0. The number of hydrogen-bond acceptors (Lipinski definition) is 5. The minimum atomic E-state index is -0.997. The molecular weight excluding hydrogens is 558 g/mol. The van der Waals surface area contributed by atoms with Crippen LogP contribution < -0.4 is 21.3 Å². The molecule has 4 N–H and O–H groups in total. The molecule has 1 saturated carbocycles. The lowest BCUT2D eigenvalue weighted by Crippen LogP contribution is -2.61. The average Bonchev–Trinajstić information content (AvgIpc) is 3.46. The van der Waals surface area contributed by atoms with Crippen LogP contribution in [0.5, 0.6) is 0 Å². The van der Waals surface area contributed by atoms with Crippen LogP contribution in [-0.4, -0.2) is 71.7 Å². The molecule has 2 rings (SSSR count). The Morgan fingerprint density at radius 2 is 1.61 bits per heavy atom. The van der Waals surface area contributed by atoms with Gasteiger partial charge in [-0.1, -0.05) is 88.2 Å². The molecule has 1 heterocycles. The number of nitrogens with one attached hydrogen (secondary N) is 4. The molecule has 0 aromatic carbocycles. The van der Waals surface area contributed by atoms with Crippen LogP contribution in [0.15, 0.2) is 12.7 Å². The van der Waals surface area contributed by atoms with E-state index in [0.29, 0.717) is 19.4 Å². The van der Waals surface area contributed by atoms with Crippen LogP contribution in [0.3, 0.4) is 0 Å². The molecule has 1 aliphatic carbocycles. The van der Waals surface area contributed by atoms with Crippen LogP contribution in [0.2, 0.25) is 0 Å². The molecule has 250 valence electrons. The number of fused-ring (bicyclic) bond motifs is 1. The van der Waals surface area contributed by atoms with Crippen LogP contribution in [0.4, 0.5) is 4.79 Å². The Labute approximate surface area is 265 Å². The fourth-order valence-corrected chi connectivity index (χ4v) is 6.81. The monoisotopic (exact) mass is 617 g/mol. The highest BCUT2D eigenvalue weighted by molar-refractivity contribution is 6.38. The number of nitrogens with zero attached hydrogens (tertiary/aromatic N) is 1. The number of carbonyl (C=O) groups excluding carboxylic acids is 5. The minimum absolute atomic E-state index is 0.0800. The standard InChI is InChI=1S/C34H59N5O5/c1-12-15-16-23(26(40)29(42)35-19-13-2)36-28(41)25-21-17-18-34(10,11)22(21)20-39(25)30(43)27(33(7,8)9)38-31(44)37-24(14-3)32(4,5)6/h13,21-25,27H,2,12,14-20H2,1,3-11H3,(H,35,42)(H,36,41)(H2,37,38,44)/t21-,22-,23?,24+,25-,27+/m0/s1. The van der Waals surface area contributed by atoms with Gasteiger partial charge < -0.3 is 26.2 Å². The maximum atomic E-state index is 14.4. The van der Waals surface area contributed by atoms with Crippen molar-refractivity contribution in [3.05, 3.63) is 12.7 Å². The molecule has 0 spiro atoms. The first-order chi connectivity index (χ1) is 20.3. The molecule has 44 heavy (non-hydrogen) atoms. The lowest BCUT2D eigenvalue weighted by atomic mass is 9.79. The zero-order chi connectivity index (χ0) is 33.6. The van der Waals surface area contributed by atoms with Gasteiger partial charge in [-0.05, 0) is 53.8 Å². The minimum Gasteiger partial charge on any atom is -0.346 e. The van der Waals surface area contributed by atoms with Crippen molar-refractivity contribution < 1.29 is 24.0 Å². The number of hydrogen-bond donors (Lipinski definition) is 4. The van der Waals surface area contributed by atoms with E-state index in [1.165, 1.54) is 6.08 Å². The molecule has 5 amide bonds. The number of amides is 5. The van der Waals surface area contributed by atoms with E-state index in [0.717, 1.165) is 25.7 Å². The number of likely N-dealkylation sites (tertiary alicyclic amines) is 1. The fraction of sp³-hybridized carbons (Fsp3) is 0.794. The summed E-state index contributed by atoms with van der Waals surface area (Å²) >= 11 is 0. The van der Waals surface area contributed by atoms with Crippen molar-refractivity contribution in [1.29, 1.82) is 0 Å². The first-order valence-electron chi connectivity index (χ1n) is 16.4. The van der Waals surface area contributed by atoms with Crippen molar-refractivity contribution >= 4 is 29.5 Å². The Bertz CT molecular complexity index is 1070. The van der Waals surface area contributed by atoms with Crippen molar-refractivity contribution in [2.45, 2.75) is 132 Å². The Balaban J connectivity index is 2.41. The highest BCUT2D eigenvalue weighted by atomic mass is 16.2. The van der Waals surface area contributed by atoms with Gasteiger partial charge in [-0.15, -0.1) is 6.58 Å². The van der Waals surface area contributed by atoms with Crippen LogP contribution in [-0.2, 0) is 19.2 Å². The van der Waals surface area contributed by atoms with E-state index in [2.05, 4.69) is 62.5 Å². The Hall–Kier alpha value is -2.91. The summed E-state index contributed by atoms with van der Waals surface area (Å²) in [7, 11) is 0. The summed E-state index contributed by atoms with van der Waals surface area (Å²) in [6.07, 6.45) is 5.67. The number of carbonyl (C=O) groups is 5. The molecular formula is C34H59N5O5. The van der Waals surface area contributed by atoms with E-state index in [1.807, 2.05) is 34.6 Å². The second-order valence-corrected chi connectivity index (χ2v) is 15.5. The molecule has 6 atom stereocenters. The molecule has 0 aromatic rings. The molecule has 1 saturated heterocycles. The van der Waals surface area contributed by atoms with Gasteiger partial charge in [-0.3, -0.25) is 19.2 Å². The predicted octanol–water partition coefficient (Wildman–Crippen LogP) is 4.33. The molecule has 2 aliphatic rings. The third-order valence-corrected chi connectivity index (χ3v) is 9.59. The summed E-state index contributed by atoms with van der Waals surface area (Å²) in [6, 6.07) is -3.21. The van der Waals surface area contributed by atoms with Gasteiger partial charge in [0.2, 0.25) is 17.6 Å². The van der Waals surface area contributed by atoms with E-state index in [9.17, 15) is 24.0 Å². The first-order valence-corrected chi connectivity index (χ1v) is 16.4. The molecule has 1 unspecified atom stereocenters. The average molecular weight is 618 g/mol. The molecule has 0 bridgehead atoms. The Morgan fingerprint density at radius 1 is 0.977 bits per heavy atom. The summed E-state index contributed by atoms with van der Waals surface area (Å²) in [5.41, 5.74) is -0.888. The smallest absolute Gasteiger partial charge is 0.315 e. The van der Waals surface area contributed by atoms with Gasteiger partial charge in [-0.25, -0.2) is 4.79 Å². The highest BCUT2D eigenvalue weighted by Gasteiger charge is 2.57. The van der Waals surface area contributed by atoms with Crippen LogP contribution in [0.25, 0.3) is 0 Å². The van der Waals surface area contributed by atoms with Gasteiger partial charge in [0.15, 0.2) is 0 Å². The summed E-state index contributed by atoms with van der Waals surface area (Å²) in [4.78, 5) is 69.1. The summed E-state index contributed by atoms with van der Waals surface area (Å²) in [6.45, 7) is 24.3. The molecule has 0 aromatic heterocycles. The number of ketones is 1. The molecule has 10 heteroatoms. The molecule has 1 aliphatic heterocycles. The Morgan fingerprint density at radius 3 is 2.14 bits per heavy atom. The van der Waals surface area contributed by atoms with E-state index < -0.39 is 47.2 Å². The lowest BCUT2D eigenvalue weighted by molar-refractivity contribution is -0.144. The fourth-order valence-electron chi connectivity index (χ4n) is 6.81. The van der Waals surface area contributed by atoms with Gasteiger partial charge in [0.25, 0.3) is 5.91 Å². The van der Waals surface area contributed by atoms with E-state index >= 15 is 0 Å². The SMILES string of the molecule is C=CCNC(=O)C(=O)C(CCCC)NC(=O)[C@@H]1[C@H]2CCC(C)(C)[C@H]2CN1C(=O)[C@@H](NC(=O)N[C@H](CC)C(C)(C)C)C(C)(C)C. The zero-order valence-electron chi connectivity index (χ0n) is 28.9. The molecule has 2 fully saturated rings. The first kappa shape index (κ1) is 37.3. The van der Waals surface area contributed by atoms with Crippen molar-refractivity contribution in [1.82, 2.24) is 26.2 Å². The number of Topliss-reactive ketones (excluding diaryl/α,β-unsaturated/α-hetero) is 1. The molecule has 10 nitrogen and oxygen atoms in total. The number of rotatable bonds is 13. The van der Waals surface area contributed by atoms with Crippen LogP contribution >= 0.6 is 0 Å². The largest absolute Gasteiger partial charge is 0.346 e. The van der Waals surface area contributed by atoms with Crippen molar-refractivity contribution in [2.24, 2.45) is 28.1 Å². The summed E-state index contributed by atoms with van der Waals surface area (Å²) in [5, 5.41) is 11.4. The van der Waals surface area contributed by atoms with Crippen molar-refractivity contribution in [2.75, 3.05) is 13.1 Å². The third-order valence-electron chi connectivity index (χ3n) is 9.59. The lowest BCUT2D eigenvalue weighted by Gasteiger charge is -2.38. The zero-order valence-corrected chi connectivity index (χ0v) is 28.9. The number of urea groups is 1. The van der Waals surface area contributed by atoms with Gasteiger partial charge in [0.05, 0.1) is 6.04 Å². The highest BCUT2D eigenvalue weighted by Crippen LogP contribution is 2.53. The van der Waals surface area contributed by atoms with Crippen molar-refractivity contribution in [3.63, 3.8) is 0 Å². The maximum Gasteiger partial charge on any atom is 0.315 e. The maximum absolute atomic E-state index is 14.4. The topological polar surface area (TPSA) is 137 Å². The predicted molar refractivity (Wildman–Crippen MR) is 174 cm³/mol. The van der Waals surface area contributed by atoms with E-state index in [4.69, 9.17) is 0 Å². The second kappa shape index (κ2) is 14.9. The molecule has 0 radical (unpaired) electrons. The van der Waals surface area contributed by atoms with Gasteiger partial charge in [-0.2, -0.15) is 0 Å². The van der Waals surface area contributed by atoms with Crippen LogP contribution in [0, 0.1) is 28.1 Å². The van der Waals surface area contributed by atoms with Gasteiger partial charge in [0.1, 0.15) is 12.1 Å². The normalized spacial score (nSPS) is 23.1. The summed E-state index contributed by atoms with van der Waals surface area (Å²) in [5.74, 6) is -2.22. The van der Waals surface area contributed by atoms with E-state index in [-0.39, 0.29) is 41.2 Å². The number of unbranched alkanes of at least 4 members (excludes halogenated alkanes) is 1.